The van der Waals surface area contributed by atoms with Gasteiger partial charge in [0.25, 0.3) is 5.91 Å². The molecule has 0 radical (unpaired) electrons. The van der Waals surface area contributed by atoms with E-state index in [1.165, 1.54) is 17.4 Å². The number of hydrogen-bond acceptors (Lipinski definition) is 6. The SMILES string of the molecule is Cc1cc(COC(=O)NCc2cc(Cl)c3c(c2F)C(=O)N(C2CCC(=O)NC2=O)C3)nn1C1CCC1. The van der Waals surface area contributed by atoms with Crippen LogP contribution in [0.3, 0.4) is 0 Å². The number of piperidine rings is 1. The third-order valence-electron chi connectivity index (χ3n) is 6.95. The summed E-state index contributed by atoms with van der Waals surface area (Å²) < 4.78 is 22.5. The van der Waals surface area contributed by atoms with E-state index in [1.807, 2.05) is 17.7 Å². The Balaban J connectivity index is 1.22. The highest BCUT2D eigenvalue weighted by Gasteiger charge is 2.42. The predicted molar refractivity (Wildman–Crippen MR) is 124 cm³/mol. The van der Waals surface area contributed by atoms with Gasteiger partial charge in [-0.25, -0.2) is 9.18 Å². The van der Waals surface area contributed by atoms with Crippen molar-refractivity contribution in [2.45, 2.75) is 70.8 Å². The lowest BCUT2D eigenvalue weighted by Crippen LogP contribution is -2.52. The van der Waals surface area contributed by atoms with E-state index in [1.54, 1.807) is 0 Å². The zero-order valence-corrected chi connectivity index (χ0v) is 20.4. The smallest absolute Gasteiger partial charge is 0.407 e. The fraction of sp³-hybridized carbons (Fsp3) is 0.458. The Morgan fingerprint density at radius 3 is 2.75 bits per heavy atom. The number of ether oxygens (including phenoxy) is 1. The first-order valence-electron chi connectivity index (χ1n) is 11.8. The molecule has 4 amide bonds. The number of hydrogen-bond donors (Lipinski definition) is 2. The van der Waals surface area contributed by atoms with E-state index in [2.05, 4.69) is 15.7 Å². The highest BCUT2D eigenvalue weighted by atomic mass is 35.5. The molecule has 1 saturated carbocycles. The number of halogens is 2. The van der Waals surface area contributed by atoms with Gasteiger partial charge in [-0.1, -0.05) is 11.6 Å². The number of rotatable bonds is 6. The Kier molecular flexibility index (Phi) is 6.42. The van der Waals surface area contributed by atoms with Crippen LogP contribution in [-0.4, -0.2) is 44.5 Å². The molecular weight excluding hydrogens is 493 g/mol. The van der Waals surface area contributed by atoms with Gasteiger partial charge in [0.05, 0.1) is 11.6 Å². The van der Waals surface area contributed by atoms with Crippen molar-refractivity contribution >= 4 is 35.4 Å². The molecule has 1 aliphatic carbocycles. The summed E-state index contributed by atoms with van der Waals surface area (Å²) in [5.74, 6) is -2.50. The molecule has 2 N–H and O–H groups in total. The minimum atomic E-state index is -0.883. The Labute approximate surface area is 211 Å². The minimum absolute atomic E-state index is 0.0132. The molecule has 1 unspecified atom stereocenters. The van der Waals surface area contributed by atoms with Gasteiger partial charge in [0, 0.05) is 41.4 Å². The molecule has 3 heterocycles. The van der Waals surface area contributed by atoms with Crippen LogP contribution < -0.4 is 10.6 Å². The van der Waals surface area contributed by atoms with Gasteiger partial charge in [0.2, 0.25) is 11.8 Å². The third kappa shape index (κ3) is 4.43. The Morgan fingerprint density at radius 1 is 1.28 bits per heavy atom. The summed E-state index contributed by atoms with van der Waals surface area (Å²) >= 11 is 6.34. The molecule has 2 fully saturated rings. The molecule has 2 aliphatic heterocycles. The minimum Gasteiger partial charge on any atom is -0.443 e. The van der Waals surface area contributed by atoms with E-state index in [-0.39, 0.29) is 54.3 Å². The number of carbonyl (C=O) groups excluding carboxylic acids is 4. The van der Waals surface area contributed by atoms with Crippen LogP contribution in [-0.2, 0) is 34.0 Å². The number of nitrogens with zero attached hydrogens (tertiary/aromatic N) is 3. The van der Waals surface area contributed by atoms with Crippen LogP contribution in [0.2, 0.25) is 5.02 Å². The number of imide groups is 1. The third-order valence-corrected chi connectivity index (χ3v) is 7.29. The fourth-order valence-electron chi connectivity index (χ4n) is 4.82. The number of carbonyl (C=O) groups is 4. The molecule has 1 aromatic heterocycles. The largest absolute Gasteiger partial charge is 0.443 e. The molecule has 10 nitrogen and oxygen atoms in total. The maximum Gasteiger partial charge on any atom is 0.407 e. The maximum atomic E-state index is 15.3. The van der Waals surface area contributed by atoms with Gasteiger partial charge in [0.15, 0.2) is 0 Å². The normalized spacial score (nSPS) is 19.7. The van der Waals surface area contributed by atoms with Gasteiger partial charge in [0.1, 0.15) is 24.2 Å². The van der Waals surface area contributed by atoms with Crippen molar-refractivity contribution in [1.82, 2.24) is 25.3 Å². The second kappa shape index (κ2) is 9.53. The van der Waals surface area contributed by atoms with Crippen molar-refractivity contribution < 1.29 is 28.3 Å². The highest BCUT2D eigenvalue weighted by Crippen LogP contribution is 2.35. The van der Waals surface area contributed by atoms with Crippen LogP contribution in [0.1, 0.15) is 71.0 Å². The van der Waals surface area contributed by atoms with Crippen molar-refractivity contribution in [3.63, 3.8) is 0 Å². The topological polar surface area (TPSA) is 123 Å². The zero-order chi connectivity index (χ0) is 25.6. The summed E-state index contributed by atoms with van der Waals surface area (Å²) in [6.07, 6.45) is 2.84. The summed E-state index contributed by atoms with van der Waals surface area (Å²) in [7, 11) is 0. The van der Waals surface area contributed by atoms with Crippen molar-refractivity contribution in [2.75, 3.05) is 0 Å². The van der Waals surface area contributed by atoms with E-state index in [0.29, 0.717) is 11.7 Å². The van der Waals surface area contributed by atoms with Crippen molar-refractivity contribution in [3.8, 4) is 0 Å². The van der Waals surface area contributed by atoms with E-state index in [9.17, 15) is 19.2 Å². The van der Waals surface area contributed by atoms with Gasteiger partial charge in [-0.05, 0) is 44.7 Å². The quantitative estimate of drug-likeness (QED) is 0.568. The molecule has 2 aromatic rings. The summed E-state index contributed by atoms with van der Waals surface area (Å²) in [5.41, 5.74) is 1.69. The molecule has 12 heteroatoms. The summed E-state index contributed by atoms with van der Waals surface area (Å²) in [4.78, 5) is 50.1. The average molecular weight is 518 g/mol. The Morgan fingerprint density at radius 2 is 2.06 bits per heavy atom. The molecule has 1 saturated heterocycles. The van der Waals surface area contributed by atoms with Gasteiger partial charge in [-0.3, -0.25) is 24.4 Å². The number of nitrogens with one attached hydrogen (secondary N) is 2. The number of alkyl carbamates (subject to hydrolysis) is 1. The van der Waals surface area contributed by atoms with E-state index < -0.39 is 35.7 Å². The first-order valence-corrected chi connectivity index (χ1v) is 12.2. The standard InChI is InChI=1S/C24H25ClFN5O5/c1-12-7-14(29-31(12)15-3-2-4-15)11-36-24(35)27-9-13-8-17(25)16-10-30(23(34)20(16)21(13)26)18-5-6-19(32)28-22(18)33/h7-8,15,18H,2-6,9-11H2,1H3,(H,27,35)(H,28,32,33). The zero-order valence-electron chi connectivity index (χ0n) is 19.6. The number of benzene rings is 1. The molecular formula is C24H25ClFN5O5. The van der Waals surface area contributed by atoms with Crippen molar-refractivity contribution in [1.29, 1.82) is 0 Å². The number of aromatic nitrogens is 2. The van der Waals surface area contributed by atoms with Gasteiger partial charge in [-0.2, -0.15) is 5.10 Å². The fourth-order valence-corrected chi connectivity index (χ4v) is 5.11. The Bertz CT molecular complexity index is 1270. The van der Waals surface area contributed by atoms with E-state index in [0.717, 1.165) is 18.5 Å². The van der Waals surface area contributed by atoms with Crippen LogP contribution >= 0.6 is 11.6 Å². The molecule has 5 rings (SSSR count). The van der Waals surface area contributed by atoms with Gasteiger partial charge >= 0.3 is 6.09 Å². The van der Waals surface area contributed by atoms with Crippen molar-refractivity contribution in [2.24, 2.45) is 0 Å². The second-order valence-corrected chi connectivity index (χ2v) is 9.73. The maximum absolute atomic E-state index is 15.3. The molecule has 1 aromatic carbocycles. The lowest BCUT2D eigenvalue weighted by atomic mass is 9.93. The van der Waals surface area contributed by atoms with Crippen LogP contribution in [0.5, 0.6) is 0 Å². The molecule has 0 bridgehead atoms. The highest BCUT2D eigenvalue weighted by molar-refractivity contribution is 6.32. The van der Waals surface area contributed by atoms with E-state index in [4.69, 9.17) is 16.3 Å². The van der Waals surface area contributed by atoms with Gasteiger partial charge < -0.3 is 15.0 Å². The average Bonchev–Trinajstić information content (AvgIpc) is 3.33. The summed E-state index contributed by atoms with van der Waals surface area (Å²) in [6.45, 7) is 1.63. The molecule has 0 spiro atoms. The summed E-state index contributed by atoms with van der Waals surface area (Å²) in [5, 5.41) is 9.32. The molecule has 190 valence electrons. The first kappa shape index (κ1) is 24.2. The lowest BCUT2D eigenvalue weighted by molar-refractivity contribution is -0.136. The summed E-state index contributed by atoms with van der Waals surface area (Å²) in [6, 6.07) is 2.73. The van der Waals surface area contributed by atoms with Crippen LogP contribution in [0.25, 0.3) is 0 Å². The lowest BCUT2D eigenvalue weighted by Gasteiger charge is -2.29. The predicted octanol–water partition coefficient (Wildman–Crippen LogP) is 2.90. The van der Waals surface area contributed by atoms with Crippen LogP contribution in [0.4, 0.5) is 9.18 Å². The molecule has 3 aliphatic rings. The van der Waals surface area contributed by atoms with Gasteiger partial charge in [-0.15, -0.1) is 0 Å². The van der Waals surface area contributed by atoms with E-state index >= 15 is 4.39 Å². The number of amides is 4. The molecule has 36 heavy (non-hydrogen) atoms. The number of fused-ring (bicyclic) bond motifs is 1. The first-order chi connectivity index (χ1) is 17.2. The molecule has 1 atom stereocenters. The monoisotopic (exact) mass is 517 g/mol. The number of aryl methyl sites for hydroxylation is 1. The van der Waals surface area contributed by atoms with Crippen molar-refractivity contribution in [3.05, 3.63) is 51.1 Å². The second-order valence-electron chi connectivity index (χ2n) is 9.32. The van der Waals surface area contributed by atoms with Crippen LogP contribution in [0.15, 0.2) is 12.1 Å². The Hall–Kier alpha value is -3.47. The van der Waals surface area contributed by atoms with Crippen LogP contribution in [0, 0.1) is 12.7 Å².